The van der Waals surface area contributed by atoms with Crippen molar-refractivity contribution in [3.05, 3.63) is 107 Å². The molecule has 0 bridgehead atoms. The Morgan fingerprint density at radius 2 is 1.54 bits per heavy atom. The highest BCUT2D eigenvalue weighted by atomic mass is 16.2. The van der Waals surface area contributed by atoms with Crippen LogP contribution in [0.3, 0.4) is 0 Å². The Hall–Kier alpha value is -3.33. The van der Waals surface area contributed by atoms with E-state index in [-0.39, 0.29) is 11.9 Å². The zero-order valence-corrected chi connectivity index (χ0v) is 15.9. The summed E-state index contributed by atoms with van der Waals surface area (Å²) >= 11 is 0. The SMILES string of the molecule is Cn1cc(C2c3ccccc3C(=O)N2CCc2ccccc2)c2ccccc21. The summed E-state index contributed by atoms with van der Waals surface area (Å²) in [6, 6.07) is 26.8. The molecule has 0 saturated heterocycles. The minimum absolute atomic E-state index is 0.0430. The number of hydrogen-bond donors (Lipinski definition) is 0. The van der Waals surface area contributed by atoms with Gasteiger partial charge < -0.3 is 9.47 Å². The Morgan fingerprint density at radius 3 is 2.39 bits per heavy atom. The van der Waals surface area contributed by atoms with Gasteiger partial charge in [-0.3, -0.25) is 4.79 Å². The Balaban J connectivity index is 1.60. The van der Waals surface area contributed by atoms with Gasteiger partial charge in [0.1, 0.15) is 0 Å². The van der Waals surface area contributed by atoms with E-state index in [2.05, 4.69) is 72.4 Å². The van der Waals surface area contributed by atoms with Crippen LogP contribution in [0.5, 0.6) is 0 Å². The van der Waals surface area contributed by atoms with Crippen molar-refractivity contribution in [1.82, 2.24) is 9.47 Å². The first-order valence-corrected chi connectivity index (χ1v) is 9.72. The molecule has 1 atom stereocenters. The molecule has 3 heteroatoms. The summed E-state index contributed by atoms with van der Waals surface area (Å²) in [4.78, 5) is 15.3. The van der Waals surface area contributed by atoms with Crippen LogP contribution in [0.4, 0.5) is 0 Å². The van der Waals surface area contributed by atoms with Crippen molar-refractivity contribution < 1.29 is 4.79 Å². The van der Waals surface area contributed by atoms with Gasteiger partial charge >= 0.3 is 0 Å². The number of amides is 1. The first-order valence-electron chi connectivity index (χ1n) is 9.72. The minimum atomic E-state index is -0.0430. The Labute approximate surface area is 164 Å². The molecule has 4 aromatic rings. The van der Waals surface area contributed by atoms with Gasteiger partial charge in [0, 0.05) is 41.8 Å². The van der Waals surface area contributed by atoms with Gasteiger partial charge in [0.15, 0.2) is 0 Å². The lowest BCUT2D eigenvalue weighted by Gasteiger charge is -2.25. The normalized spacial score (nSPS) is 16.0. The number of hydrogen-bond acceptors (Lipinski definition) is 1. The average Bonchev–Trinajstić information content (AvgIpc) is 3.22. The summed E-state index contributed by atoms with van der Waals surface area (Å²) in [5.74, 6) is 0.129. The molecule has 1 amide bonds. The van der Waals surface area contributed by atoms with Crippen molar-refractivity contribution in [2.24, 2.45) is 7.05 Å². The van der Waals surface area contributed by atoms with E-state index in [0.29, 0.717) is 6.54 Å². The van der Waals surface area contributed by atoms with Crippen LogP contribution in [-0.4, -0.2) is 21.9 Å². The lowest BCUT2D eigenvalue weighted by Crippen LogP contribution is -2.30. The number of benzene rings is 3. The second kappa shape index (κ2) is 6.68. The van der Waals surface area contributed by atoms with Gasteiger partial charge in [0.25, 0.3) is 5.91 Å². The standard InChI is InChI=1S/C25H22N2O/c1-26-17-22(19-11-7-8-14-23(19)26)24-20-12-5-6-13-21(20)25(28)27(24)16-15-18-9-3-2-4-10-18/h2-14,17,24H,15-16H2,1H3. The lowest BCUT2D eigenvalue weighted by atomic mass is 9.97. The highest BCUT2D eigenvalue weighted by molar-refractivity contribution is 6.00. The smallest absolute Gasteiger partial charge is 0.255 e. The quantitative estimate of drug-likeness (QED) is 0.501. The van der Waals surface area contributed by atoms with E-state index < -0.39 is 0 Å². The summed E-state index contributed by atoms with van der Waals surface area (Å²) in [5, 5.41) is 1.21. The van der Waals surface area contributed by atoms with Crippen molar-refractivity contribution in [3.63, 3.8) is 0 Å². The highest BCUT2D eigenvalue weighted by Gasteiger charge is 2.38. The fraction of sp³-hybridized carbons (Fsp3) is 0.160. The lowest BCUT2D eigenvalue weighted by molar-refractivity contribution is 0.0752. The molecular formula is C25H22N2O. The van der Waals surface area contributed by atoms with E-state index in [1.165, 1.54) is 22.0 Å². The van der Waals surface area contributed by atoms with Crippen LogP contribution in [0.2, 0.25) is 0 Å². The van der Waals surface area contributed by atoms with Gasteiger partial charge in [0.2, 0.25) is 0 Å². The van der Waals surface area contributed by atoms with Crippen LogP contribution in [0.1, 0.15) is 33.1 Å². The number of carbonyl (C=O) groups excluding carboxylic acids is 1. The topological polar surface area (TPSA) is 25.2 Å². The molecule has 1 aromatic heterocycles. The van der Waals surface area contributed by atoms with E-state index in [4.69, 9.17) is 0 Å². The van der Waals surface area contributed by atoms with Gasteiger partial charge in [-0.2, -0.15) is 0 Å². The zero-order chi connectivity index (χ0) is 19.1. The molecule has 5 rings (SSSR count). The number of fused-ring (bicyclic) bond motifs is 2. The van der Waals surface area contributed by atoms with E-state index >= 15 is 0 Å². The minimum Gasteiger partial charge on any atom is -0.350 e. The van der Waals surface area contributed by atoms with Crippen LogP contribution in [0.15, 0.2) is 85.1 Å². The number of aromatic nitrogens is 1. The molecule has 3 aromatic carbocycles. The fourth-order valence-corrected chi connectivity index (χ4v) is 4.42. The van der Waals surface area contributed by atoms with Crippen molar-refractivity contribution in [2.45, 2.75) is 12.5 Å². The van der Waals surface area contributed by atoms with Crippen LogP contribution < -0.4 is 0 Å². The first kappa shape index (κ1) is 16.8. The molecule has 0 aliphatic carbocycles. The predicted octanol–water partition coefficient (Wildman–Crippen LogP) is 4.97. The Morgan fingerprint density at radius 1 is 0.821 bits per heavy atom. The van der Waals surface area contributed by atoms with Gasteiger partial charge in [0.05, 0.1) is 6.04 Å². The second-order valence-electron chi connectivity index (χ2n) is 7.44. The molecule has 1 aliphatic heterocycles. The Kier molecular flexibility index (Phi) is 4.01. The molecule has 0 spiro atoms. The summed E-state index contributed by atoms with van der Waals surface area (Å²) in [7, 11) is 2.07. The van der Waals surface area contributed by atoms with Gasteiger partial charge in [-0.25, -0.2) is 0 Å². The van der Waals surface area contributed by atoms with E-state index in [1.54, 1.807) is 0 Å². The number of rotatable bonds is 4. The summed E-state index contributed by atoms with van der Waals surface area (Å²) < 4.78 is 2.16. The molecule has 1 aliphatic rings. The molecule has 0 saturated carbocycles. The summed E-state index contributed by atoms with van der Waals surface area (Å²) in [5.41, 5.74) is 5.58. The first-order chi connectivity index (χ1) is 13.7. The molecule has 0 fully saturated rings. The van der Waals surface area contributed by atoms with Crippen LogP contribution >= 0.6 is 0 Å². The van der Waals surface area contributed by atoms with Crippen molar-refractivity contribution in [1.29, 1.82) is 0 Å². The highest BCUT2D eigenvalue weighted by Crippen LogP contribution is 2.41. The maximum atomic E-state index is 13.3. The third kappa shape index (κ3) is 2.63. The predicted molar refractivity (Wildman–Crippen MR) is 112 cm³/mol. The second-order valence-corrected chi connectivity index (χ2v) is 7.44. The number of aryl methyl sites for hydroxylation is 1. The molecule has 3 nitrogen and oxygen atoms in total. The van der Waals surface area contributed by atoms with Crippen molar-refractivity contribution in [3.8, 4) is 0 Å². The Bertz CT molecular complexity index is 1160. The fourth-order valence-electron chi connectivity index (χ4n) is 4.42. The van der Waals surface area contributed by atoms with Crippen LogP contribution in [0, 0.1) is 0 Å². The third-order valence-corrected chi connectivity index (χ3v) is 5.76. The molecule has 2 heterocycles. The maximum Gasteiger partial charge on any atom is 0.255 e. The van der Waals surface area contributed by atoms with E-state index in [1.807, 2.05) is 29.2 Å². The molecule has 0 N–H and O–H groups in total. The molecular weight excluding hydrogens is 344 g/mol. The van der Waals surface area contributed by atoms with Gasteiger partial charge in [-0.05, 0) is 29.7 Å². The largest absolute Gasteiger partial charge is 0.350 e. The van der Waals surface area contributed by atoms with E-state index in [0.717, 1.165) is 17.5 Å². The van der Waals surface area contributed by atoms with Crippen molar-refractivity contribution in [2.75, 3.05) is 6.54 Å². The van der Waals surface area contributed by atoms with Crippen LogP contribution in [0.25, 0.3) is 10.9 Å². The third-order valence-electron chi connectivity index (χ3n) is 5.76. The van der Waals surface area contributed by atoms with Crippen molar-refractivity contribution >= 4 is 16.8 Å². The molecule has 138 valence electrons. The molecule has 1 unspecified atom stereocenters. The summed E-state index contributed by atoms with van der Waals surface area (Å²) in [6.45, 7) is 0.700. The number of nitrogens with zero attached hydrogens (tertiary/aromatic N) is 2. The number of carbonyl (C=O) groups is 1. The average molecular weight is 366 g/mol. The molecule has 28 heavy (non-hydrogen) atoms. The van der Waals surface area contributed by atoms with E-state index in [9.17, 15) is 4.79 Å². The molecule has 0 radical (unpaired) electrons. The summed E-state index contributed by atoms with van der Waals surface area (Å²) in [6.07, 6.45) is 3.03. The van der Waals surface area contributed by atoms with Gasteiger partial charge in [-0.1, -0.05) is 66.7 Å². The zero-order valence-electron chi connectivity index (χ0n) is 15.9. The number of para-hydroxylation sites is 1. The monoisotopic (exact) mass is 366 g/mol. The van der Waals surface area contributed by atoms with Gasteiger partial charge in [-0.15, -0.1) is 0 Å². The van der Waals surface area contributed by atoms with Crippen LogP contribution in [-0.2, 0) is 13.5 Å². The maximum absolute atomic E-state index is 13.3.